The molecular formula is C27H38O11. The molecule has 0 radical (unpaired) electrons. The smallest absolute Gasteiger partial charge is 0.303 e. The van der Waals surface area contributed by atoms with Gasteiger partial charge in [0.05, 0.1) is 6.10 Å². The van der Waals surface area contributed by atoms with Crippen LogP contribution in [-0.2, 0) is 52.4 Å². The Labute approximate surface area is 222 Å². The summed E-state index contributed by atoms with van der Waals surface area (Å²) in [6.45, 7) is 12.0. The van der Waals surface area contributed by atoms with Gasteiger partial charge in [0.25, 0.3) is 0 Å². The van der Waals surface area contributed by atoms with Crippen molar-refractivity contribution in [3.05, 3.63) is 23.3 Å². The second-order valence-corrected chi connectivity index (χ2v) is 10.2. The van der Waals surface area contributed by atoms with Gasteiger partial charge in [-0.2, -0.15) is 0 Å². The van der Waals surface area contributed by atoms with E-state index in [4.69, 9.17) is 28.4 Å². The van der Waals surface area contributed by atoms with Crippen LogP contribution in [0.1, 0.15) is 68.2 Å². The molecule has 212 valence electrons. The van der Waals surface area contributed by atoms with Crippen LogP contribution in [-0.4, -0.2) is 73.1 Å². The molecular weight excluding hydrogens is 500 g/mol. The fraction of sp³-hybridized carbons (Fsp3) is 0.667. The highest BCUT2D eigenvalue weighted by Gasteiger charge is 2.53. The van der Waals surface area contributed by atoms with Gasteiger partial charge in [-0.3, -0.25) is 24.0 Å². The van der Waals surface area contributed by atoms with E-state index in [0.717, 1.165) is 25.0 Å². The topological polar surface area (TPSA) is 141 Å². The van der Waals surface area contributed by atoms with Gasteiger partial charge in [0.2, 0.25) is 0 Å². The molecule has 11 heteroatoms. The van der Waals surface area contributed by atoms with E-state index < -0.39 is 60.7 Å². The summed E-state index contributed by atoms with van der Waals surface area (Å²) in [7, 11) is 0. The van der Waals surface area contributed by atoms with Gasteiger partial charge >= 0.3 is 23.9 Å². The zero-order valence-corrected chi connectivity index (χ0v) is 23.2. The van der Waals surface area contributed by atoms with Gasteiger partial charge in [-0.1, -0.05) is 19.9 Å². The average molecular weight is 539 g/mol. The van der Waals surface area contributed by atoms with E-state index in [1.54, 1.807) is 13.0 Å². The molecule has 0 aromatic heterocycles. The van der Waals surface area contributed by atoms with Crippen molar-refractivity contribution in [2.24, 2.45) is 5.41 Å². The lowest BCUT2D eigenvalue weighted by Gasteiger charge is -2.44. The van der Waals surface area contributed by atoms with Gasteiger partial charge in [0.1, 0.15) is 12.7 Å². The van der Waals surface area contributed by atoms with Crippen molar-refractivity contribution in [1.82, 2.24) is 0 Å². The number of ether oxygens (including phenoxy) is 6. The van der Waals surface area contributed by atoms with E-state index in [1.165, 1.54) is 13.8 Å². The first-order valence-electron chi connectivity index (χ1n) is 12.5. The van der Waals surface area contributed by atoms with Gasteiger partial charge in [-0.25, -0.2) is 0 Å². The first kappa shape index (κ1) is 31.2. The standard InChI is InChI=1S/C27H38O11/c1-14-11-20(32)12-27(7,8)21(14)10-9-15(2)34-26-25(37-19(6)31)24(36-18(5)30)23(35-17(4)29)22(38-26)13-33-16(3)28/h10-11,15,22-26H,9,12-13H2,1-8H3/b21-10+/t15?,22-,23-,24+,25-,26-/m1/s1. The normalized spacial score (nSPS) is 28.6. The third-order valence-corrected chi connectivity index (χ3v) is 6.12. The Hall–Kier alpha value is -3.05. The van der Waals surface area contributed by atoms with Crippen LogP contribution in [0.15, 0.2) is 23.3 Å². The van der Waals surface area contributed by atoms with Gasteiger partial charge in [0.15, 0.2) is 30.4 Å². The lowest BCUT2D eigenvalue weighted by Crippen LogP contribution is -2.63. The fourth-order valence-corrected chi connectivity index (χ4v) is 4.74. The van der Waals surface area contributed by atoms with E-state index in [2.05, 4.69) is 0 Å². The summed E-state index contributed by atoms with van der Waals surface area (Å²) in [6.07, 6.45) is -2.19. The Morgan fingerprint density at radius 3 is 2.05 bits per heavy atom. The van der Waals surface area contributed by atoms with Crippen LogP contribution in [0.2, 0.25) is 0 Å². The summed E-state index contributed by atoms with van der Waals surface area (Å²) in [5.74, 6) is -2.65. The van der Waals surface area contributed by atoms with Gasteiger partial charge in [-0.15, -0.1) is 0 Å². The quantitative estimate of drug-likeness (QED) is 0.316. The average Bonchev–Trinajstić information content (AvgIpc) is 2.74. The minimum Gasteiger partial charge on any atom is -0.463 e. The van der Waals surface area contributed by atoms with Crippen molar-refractivity contribution in [3.8, 4) is 0 Å². The Bertz CT molecular complexity index is 993. The molecule has 1 aliphatic carbocycles. The number of carbonyl (C=O) groups excluding carboxylic acids is 5. The van der Waals surface area contributed by atoms with Crippen molar-refractivity contribution in [2.45, 2.75) is 105 Å². The Balaban J connectivity index is 2.36. The molecule has 2 aliphatic rings. The molecule has 0 spiro atoms. The zero-order chi connectivity index (χ0) is 28.8. The minimum absolute atomic E-state index is 0.0754. The van der Waals surface area contributed by atoms with Crippen molar-refractivity contribution in [2.75, 3.05) is 6.61 Å². The number of rotatable bonds is 9. The lowest BCUT2D eigenvalue weighted by atomic mass is 9.72. The number of carbonyl (C=O) groups is 5. The van der Waals surface area contributed by atoms with Crippen LogP contribution in [0, 0.1) is 5.41 Å². The highest BCUT2D eigenvalue weighted by atomic mass is 16.7. The van der Waals surface area contributed by atoms with Crippen molar-refractivity contribution < 1.29 is 52.4 Å². The summed E-state index contributed by atoms with van der Waals surface area (Å²) in [4.78, 5) is 59.3. The first-order chi connectivity index (χ1) is 17.6. The molecule has 0 aromatic rings. The molecule has 2 rings (SSSR count). The van der Waals surface area contributed by atoms with Crippen LogP contribution < -0.4 is 0 Å². The molecule has 0 bridgehead atoms. The molecule has 1 saturated heterocycles. The third-order valence-electron chi connectivity index (χ3n) is 6.12. The maximum Gasteiger partial charge on any atom is 0.303 e. The maximum atomic E-state index is 12.0. The predicted octanol–water partition coefficient (Wildman–Crippen LogP) is 2.74. The summed E-state index contributed by atoms with van der Waals surface area (Å²) >= 11 is 0. The molecule has 0 saturated carbocycles. The van der Waals surface area contributed by atoms with E-state index in [-0.39, 0.29) is 17.8 Å². The van der Waals surface area contributed by atoms with Crippen LogP contribution in [0.3, 0.4) is 0 Å². The molecule has 1 unspecified atom stereocenters. The summed E-state index contributed by atoms with van der Waals surface area (Å²) in [6, 6.07) is 0. The first-order valence-corrected chi connectivity index (χ1v) is 12.5. The predicted molar refractivity (Wildman–Crippen MR) is 132 cm³/mol. The Morgan fingerprint density at radius 2 is 1.53 bits per heavy atom. The second kappa shape index (κ2) is 13.1. The summed E-state index contributed by atoms with van der Waals surface area (Å²) in [5, 5.41) is 0. The number of allylic oxidation sites excluding steroid dienone is 3. The highest BCUT2D eigenvalue weighted by molar-refractivity contribution is 5.93. The van der Waals surface area contributed by atoms with Crippen molar-refractivity contribution >= 4 is 29.7 Å². The Kier molecular flexibility index (Phi) is 10.8. The molecule has 38 heavy (non-hydrogen) atoms. The van der Waals surface area contributed by atoms with Gasteiger partial charge in [0, 0.05) is 34.1 Å². The third kappa shape index (κ3) is 8.76. The monoisotopic (exact) mass is 538 g/mol. The van der Waals surface area contributed by atoms with Crippen molar-refractivity contribution in [3.63, 3.8) is 0 Å². The number of esters is 4. The van der Waals surface area contributed by atoms with Crippen molar-refractivity contribution in [1.29, 1.82) is 0 Å². The molecule has 1 fully saturated rings. The largest absolute Gasteiger partial charge is 0.463 e. The minimum atomic E-state index is -1.29. The highest BCUT2D eigenvalue weighted by Crippen LogP contribution is 2.39. The summed E-state index contributed by atoms with van der Waals surface area (Å²) < 4.78 is 33.4. The molecule has 6 atom stereocenters. The number of hydrogen-bond donors (Lipinski definition) is 0. The van der Waals surface area contributed by atoms with E-state index in [9.17, 15) is 24.0 Å². The molecule has 1 aliphatic heterocycles. The molecule has 1 heterocycles. The van der Waals surface area contributed by atoms with Crippen LogP contribution >= 0.6 is 0 Å². The Morgan fingerprint density at radius 1 is 0.974 bits per heavy atom. The SMILES string of the molecule is CC(=O)OC[C@H]1O[C@@H](OC(C)C/C=C2\C(C)=CC(=O)CC2(C)C)[C@H](OC(C)=O)[C@@H](OC(C)=O)[C@@H]1OC(C)=O. The number of hydrogen-bond acceptors (Lipinski definition) is 11. The lowest BCUT2D eigenvalue weighted by molar-refractivity contribution is -0.315. The molecule has 11 nitrogen and oxygen atoms in total. The number of ketones is 1. The summed E-state index contributed by atoms with van der Waals surface area (Å²) in [5.41, 5.74) is 1.56. The van der Waals surface area contributed by atoms with Gasteiger partial charge in [-0.05, 0) is 42.9 Å². The maximum absolute atomic E-state index is 12.0. The van der Waals surface area contributed by atoms with E-state index in [1.807, 2.05) is 26.8 Å². The van der Waals surface area contributed by atoms with Gasteiger partial charge < -0.3 is 28.4 Å². The van der Waals surface area contributed by atoms with Crippen LogP contribution in [0.4, 0.5) is 0 Å². The molecule has 0 aromatic carbocycles. The van der Waals surface area contributed by atoms with E-state index in [0.29, 0.717) is 12.8 Å². The fourth-order valence-electron chi connectivity index (χ4n) is 4.74. The van der Waals surface area contributed by atoms with Crippen LogP contribution in [0.25, 0.3) is 0 Å². The van der Waals surface area contributed by atoms with Crippen LogP contribution in [0.5, 0.6) is 0 Å². The van der Waals surface area contributed by atoms with E-state index >= 15 is 0 Å². The zero-order valence-electron chi connectivity index (χ0n) is 23.2. The molecule has 0 amide bonds. The molecule has 0 N–H and O–H groups in total. The second-order valence-electron chi connectivity index (χ2n) is 10.2.